The molecular weight excluding hydrogens is 288 g/mol. The molecule has 21 heavy (non-hydrogen) atoms. The predicted molar refractivity (Wildman–Crippen MR) is 83.5 cm³/mol. The maximum atomic E-state index is 11.9. The second kappa shape index (κ2) is 5.48. The van der Waals surface area contributed by atoms with E-state index in [2.05, 4.69) is 20.2 Å². The van der Waals surface area contributed by atoms with Crippen molar-refractivity contribution in [2.75, 3.05) is 18.0 Å². The first kappa shape index (κ1) is 14.1. The minimum atomic E-state index is 0.0371. The van der Waals surface area contributed by atoms with E-state index in [1.54, 1.807) is 18.3 Å². The van der Waals surface area contributed by atoms with Crippen LogP contribution in [-0.4, -0.2) is 35.0 Å². The minimum absolute atomic E-state index is 0.0371. The highest BCUT2D eigenvalue weighted by atomic mass is 35.5. The SMILES string of the molecule is CC(C)NC(=O)C1CN(c2cnc3cc(Cl)ccc3n2)C1. The van der Waals surface area contributed by atoms with Gasteiger partial charge in [-0.05, 0) is 32.0 Å². The Kier molecular flexibility index (Phi) is 3.68. The zero-order valence-electron chi connectivity index (χ0n) is 12.0. The van der Waals surface area contributed by atoms with Crippen LogP contribution in [0.3, 0.4) is 0 Å². The van der Waals surface area contributed by atoms with Gasteiger partial charge in [-0.25, -0.2) is 4.98 Å². The molecule has 0 aliphatic carbocycles. The van der Waals surface area contributed by atoms with Crippen LogP contribution in [0.2, 0.25) is 5.02 Å². The van der Waals surface area contributed by atoms with Gasteiger partial charge < -0.3 is 10.2 Å². The molecule has 0 saturated carbocycles. The summed E-state index contributed by atoms with van der Waals surface area (Å²) < 4.78 is 0. The molecule has 1 aliphatic heterocycles. The first-order valence-electron chi connectivity index (χ1n) is 7.00. The van der Waals surface area contributed by atoms with Crippen molar-refractivity contribution in [2.24, 2.45) is 5.92 Å². The quantitative estimate of drug-likeness (QED) is 0.945. The molecule has 2 aromatic rings. The lowest BCUT2D eigenvalue weighted by Gasteiger charge is -2.39. The van der Waals surface area contributed by atoms with Gasteiger partial charge in [0.1, 0.15) is 5.82 Å². The Balaban J connectivity index is 1.69. The Hall–Kier alpha value is -1.88. The number of halogens is 1. The molecule has 1 N–H and O–H groups in total. The Morgan fingerprint density at radius 2 is 2.14 bits per heavy atom. The summed E-state index contributed by atoms with van der Waals surface area (Å²) in [7, 11) is 0. The maximum absolute atomic E-state index is 11.9. The van der Waals surface area contributed by atoms with Crippen molar-refractivity contribution in [1.82, 2.24) is 15.3 Å². The van der Waals surface area contributed by atoms with Crippen LogP contribution in [-0.2, 0) is 4.79 Å². The normalized spacial score (nSPS) is 15.3. The molecule has 0 bridgehead atoms. The first-order valence-corrected chi connectivity index (χ1v) is 7.38. The van der Waals surface area contributed by atoms with Crippen molar-refractivity contribution in [1.29, 1.82) is 0 Å². The molecule has 2 heterocycles. The zero-order chi connectivity index (χ0) is 15.0. The monoisotopic (exact) mass is 304 g/mol. The summed E-state index contributed by atoms with van der Waals surface area (Å²) in [6.45, 7) is 5.31. The fourth-order valence-corrected chi connectivity index (χ4v) is 2.53. The average molecular weight is 305 g/mol. The van der Waals surface area contributed by atoms with Crippen LogP contribution in [0.5, 0.6) is 0 Å². The van der Waals surface area contributed by atoms with E-state index < -0.39 is 0 Å². The predicted octanol–water partition coefficient (Wildman–Crippen LogP) is 2.24. The summed E-state index contributed by atoms with van der Waals surface area (Å²) in [6.07, 6.45) is 1.73. The number of hydrogen-bond donors (Lipinski definition) is 1. The van der Waals surface area contributed by atoms with Crippen molar-refractivity contribution in [3.05, 3.63) is 29.4 Å². The molecule has 1 saturated heterocycles. The van der Waals surface area contributed by atoms with E-state index in [-0.39, 0.29) is 17.9 Å². The number of benzene rings is 1. The average Bonchev–Trinajstić information content (AvgIpc) is 2.36. The highest BCUT2D eigenvalue weighted by Crippen LogP contribution is 2.25. The molecule has 0 radical (unpaired) electrons. The lowest BCUT2D eigenvalue weighted by atomic mass is 9.99. The van der Waals surface area contributed by atoms with Gasteiger partial charge in [0.25, 0.3) is 0 Å². The van der Waals surface area contributed by atoms with Gasteiger partial charge in [0.2, 0.25) is 5.91 Å². The van der Waals surface area contributed by atoms with Gasteiger partial charge in [-0.3, -0.25) is 9.78 Å². The van der Waals surface area contributed by atoms with E-state index in [1.807, 2.05) is 19.9 Å². The van der Waals surface area contributed by atoms with E-state index in [9.17, 15) is 4.79 Å². The van der Waals surface area contributed by atoms with Crippen molar-refractivity contribution in [3.63, 3.8) is 0 Å². The fraction of sp³-hybridized carbons (Fsp3) is 0.400. The molecule has 1 aromatic heterocycles. The molecule has 6 heteroatoms. The minimum Gasteiger partial charge on any atom is -0.354 e. The number of amides is 1. The summed E-state index contributed by atoms with van der Waals surface area (Å²) >= 11 is 5.93. The Bertz CT molecular complexity index is 682. The first-order chi connectivity index (χ1) is 10.0. The topological polar surface area (TPSA) is 58.1 Å². The van der Waals surface area contributed by atoms with Crippen LogP contribution in [0.4, 0.5) is 5.82 Å². The number of aromatic nitrogens is 2. The highest BCUT2D eigenvalue weighted by molar-refractivity contribution is 6.31. The van der Waals surface area contributed by atoms with E-state index in [1.165, 1.54) is 0 Å². The van der Waals surface area contributed by atoms with Crippen LogP contribution in [0.15, 0.2) is 24.4 Å². The molecule has 3 rings (SSSR count). The number of nitrogens with zero attached hydrogens (tertiary/aromatic N) is 3. The molecule has 0 atom stereocenters. The number of carbonyl (C=O) groups excluding carboxylic acids is 1. The third kappa shape index (κ3) is 2.93. The number of nitrogens with one attached hydrogen (secondary N) is 1. The molecule has 1 aromatic carbocycles. The summed E-state index contributed by atoms with van der Waals surface area (Å²) in [6, 6.07) is 5.63. The number of carbonyl (C=O) groups is 1. The van der Waals surface area contributed by atoms with Gasteiger partial charge in [-0.1, -0.05) is 11.6 Å². The molecular formula is C15H17ClN4O. The summed E-state index contributed by atoms with van der Waals surface area (Å²) in [5, 5.41) is 3.59. The second-order valence-electron chi connectivity index (χ2n) is 5.63. The third-order valence-electron chi connectivity index (χ3n) is 3.50. The lowest BCUT2D eigenvalue weighted by molar-refractivity contribution is -0.126. The standard InChI is InChI=1S/C15H17ClN4O/c1-9(2)18-15(21)10-7-20(8-10)14-6-17-13-5-11(16)3-4-12(13)19-14/h3-6,9-10H,7-8H2,1-2H3,(H,18,21). The smallest absolute Gasteiger partial charge is 0.226 e. The lowest BCUT2D eigenvalue weighted by Crippen LogP contribution is -2.55. The van der Waals surface area contributed by atoms with Gasteiger partial charge >= 0.3 is 0 Å². The van der Waals surface area contributed by atoms with E-state index in [0.717, 1.165) is 16.9 Å². The summed E-state index contributed by atoms with van der Waals surface area (Å²) in [4.78, 5) is 22.9. The zero-order valence-corrected chi connectivity index (χ0v) is 12.8. The van der Waals surface area contributed by atoms with Gasteiger partial charge in [-0.15, -0.1) is 0 Å². The van der Waals surface area contributed by atoms with Gasteiger partial charge in [0.05, 0.1) is 23.1 Å². The molecule has 0 unspecified atom stereocenters. The third-order valence-corrected chi connectivity index (χ3v) is 3.73. The van der Waals surface area contributed by atoms with Crippen LogP contribution >= 0.6 is 11.6 Å². The number of rotatable bonds is 3. The Labute approximate surface area is 128 Å². The summed E-state index contributed by atoms with van der Waals surface area (Å²) in [5.41, 5.74) is 1.59. The van der Waals surface area contributed by atoms with Crippen molar-refractivity contribution in [2.45, 2.75) is 19.9 Å². The number of hydrogen-bond acceptors (Lipinski definition) is 4. The van der Waals surface area contributed by atoms with Gasteiger partial charge in [0.15, 0.2) is 0 Å². The van der Waals surface area contributed by atoms with E-state index >= 15 is 0 Å². The van der Waals surface area contributed by atoms with Crippen molar-refractivity contribution < 1.29 is 4.79 Å². The molecule has 0 spiro atoms. The van der Waals surface area contributed by atoms with Gasteiger partial charge in [0, 0.05) is 24.2 Å². The van der Waals surface area contributed by atoms with Crippen molar-refractivity contribution in [3.8, 4) is 0 Å². The van der Waals surface area contributed by atoms with Crippen LogP contribution in [0.1, 0.15) is 13.8 Å². The van der Waals surface area contributed by atoms with Crippen molar-refractivity contribution >= 4 is 34.4 Å². The summed E-state index contributed by atoms with van der Waals surface area (Å²) in [5.74, 6) is 0.954. The molecule has 1 amide bonds. The molecule has 1 aliphatic rings. The number of fused-ring (bicyclic) bond motifs is 1. The Morgan fingerprint density at radius 1 is 1.38 bits per heavy atom. The molecule has 110 valence electrons. The highest BCUT2D eigenvalue weighted by Gasteiger charge is 2.33. The van der Waals surface area contributed by atoms with Crippen LogP contribution in [0.25, 0.3) is 11.0 Å². The maximum Gasteiger partial charge on any atom is 0.226 e. The van der Waals surface area contributed by atoms with Crippen LogP contribution < -0.4 is 10.2 Å². The van der Waals surface area contributed by atoms with Crippen LogP contribution in [0, 0.1) is 5.92 Å². The largest absolute Gasteiger partial charge is 0.354 e. The molecule has 1 fully saturated rings. The molecule has 5 nitrogen and oxygen atoms in total. The second-order valence-corrected chi connectivity index (χ2v) is 6.06. The van der Waals surface area contributed by atoms with E-state index in [4.69, 9.17) is 11.6 Å². The fourth-order valence-electron chi connectivity index (χ4n) is 2.36. The van der Waals surface area contributed by atoms with Gasteiger partial charge in [-0.2, -0.15) is 0 Å². The number of anilines is 1. The Morgan fingerprint density at radius 3 is 2.86 bits per heavy atom. The van der Waals surface area contributed by atoms with E-state index in [0.29, 0.717) is 18.1 Å².